The van der Waals surface area contributed by atoms with Crippen LogP contribution >= 0.6 is 0 Å². The van der Waals surface area contributed by atoms with Crippen molar-refractivity contribution < 1.29 is 9.15 Å². The molecule has 2 N–H and O–H groups in total. The lowest BCUT2D eigenvalue weighted by Gasteiger charge is -2.13. The summed E-state index contributed by atoms with van der Waals surface area (Å²) in [7, 11) is 0. The van der Waals surface area contributed by atoms with Crippen LogP contribution in [0.4, 0.5) is 0 Å². The summed E-state index contributed by atoms with van der Waals surface area (Å²) in [6, 6.07) is 8.20. The summed E-state index contributed by atoms with van der Waals surface area (Å²) in [4.78, 5) is 0. The second-order valence-corrected chi connectivity index (χ2v) is 4.65. The van der Waals surface area contributed by atoms with Gasteiger partial charge in [-0.25, -0.2) is 0 Å². The Morgan fingerprint density at radius 1 is 1.22 bits per heavy atom. The largest absolute Gasteiger partial charge is 0.469 e. The minimum atomic E-state index is -0.121. The Hall–Kier alpha value is -1.58. The first-order valence-electron chi connectivity index (χ1n) is 6.31. The van der Waals surface area contributed by atoms with Crippen LogP contribution in [0.5, 0.6) is 0 Å². The van der Waals surface area contributed by atoms with Crippen LogP contribution < -0.4 is 5.73 Å². The first kappa shape index (κ1) is 11.5. The Labute approximate surface area is 107 Å². The molecule has 2 aromatic rings. The minimum Gasteiger partial charge on any atom is -0.469 e. The molecule has 1 atom stereocenters. The third-order valence-electron chi connectivity index (χ3n) is 3.54. The number of rotatable bonds is 3. The van der Waals surface area contributed by atoms with Crippen LogP contribution in [0.15, 0.2) is 34.9 Å². The normalized spacial score (nSPS) is 15.7. The Morgan fingerprint density at radius 3 is 2.89 bits per heavy atom. The first-order valence-corrected chi connectivity index (χ1v) is 6.31. The van der Waals surface area contributed by atoms with Crippen LogP contribution in [0.2, 0.25) is 0 Å². The number of nitrogens with two attached hydrogens (primary N) is 1. The number of benzene rings is 1. The molecule has 3 heteroatoms. The standard InChI is InChI=1S/C15H17NO2/c1-2-14-13(5-6-18-14)15(16)10-3-4-11-8-17-9-12(11)7-10/h3-7,15H,2,8-9,16H2,1H3. The Morgan fingerprint density at radius 2 is 2.06 bits per heavy atom. The topological polar surface area (TPSA) is 48.4 Å². The number of aryl methyl sites for hydroxylation is 1. The number of furan rings is 1. The van der Waals surface area contributed by atoms with E-state index in [2.05, 4.69) is 25.1 Å². The molecule has 0 fully saturated rings. The van der Waals surface area contributed by atoms with E-state index in [1.165, 1.54) is 11.1 Å². The van der Waals surface area contributed by atoms with E-state index in [9.17, 15) is 0 Å². The van der Waals surface area contributed by atoms with Gasteiger partial charge in [0, 0.05) is 12.0 Å². The van der Waals surface area contributed by atoms with Gasteiger partial charge < -0.3 is 14.9 Å². The monoisotopic (exact) mass is 243 g/mol. The van der Waals surface area contributed by atoms with Gasteiger partial charge >= 0.3 is 0 Å². The fourth-order valence-corrected chi connectivity index (χ4v) is 2.48. The zero-order valence-corrected chi connectivity index (χ0v) is 10.5. The molecule has 94 valence electrons. The Bertz CT molecular complexity index is 559. The minimum absolute atomic E-state index is 0.121. The van der Waals surface area contributed by atoms with Crippen LogP contribution in [0.25, 0.3) is 0 Å². The summed E-state index contributed by atoms with van der Waals surface area (Å²) in [5.41, 5.74) is 11.1. The fourth-order valence-electron chi connectivity index (χ4n) is 2.48. The second kappa shape index (κ2) is 4.59. The van der Waals surface area contributed by atoms with Gasteiger partial charge in [-0.1, -0.05) is 25.1 Å². The predicted molar refractivity (Wildman–Crippen MR) is 69.1 cm³/mol. The van der Waals surface area contributed by atoms with Crippen molar-refractivity contribution in [2.24, 2.45) is 5.73 Å². The smallest absolute Gasteiger partial charge is 0.108 e. The molecule has 0 spiro atoms. The van der Waals surface area contributed by atoms with Gasteiger partial charge in [-0.3, -0.25) is 0 Å². The Balaban J connectivity index is 1.95. The molecular formula is C15H17NO2. The molecular weight excluding hydrogens is 226 g/mol. The lowest BCUT2D eigenvalue weighted by molar-refractivity contribution is 0.134. The third kappa shape index (κ3) is 1.85. The summed E-state index contributed by atoms with van der Waals surface area (Å²) < 4.78 is 10.9. The van der Waals surface area contributed by atoms with Gasteiger partial charge in [0.25, 0.3) is 0 Å². The molecule has 0 radical (unpaired) electrons. The van der Waals surface area contributed by atoms with E-state index < -0.39 is 0 Å². The SMILES string of the molecule is CCc1occc1C(N)c1ccc2c(c1)COC2. The zero-order valence-electron chi connectivity index (χ0n) is 10.5. The summed E-state index contributed by atoms with van der Waals surface area (Å²) in [6.45, 7) is 3.49. The summed E-state index contributed by atoms with van der Waals surface area (Å²) in [5.74, 6) is 0.972. The second-order valence-electron chi connectivity index (χ2n) is 4.65. The lowest BCUT2D eigenvalue weighted by Crippen LogP contribution is -2.13. The van der Waals surface area contributed by atoms with E-state index in [0.29, 0.717) is 6.61 Å². The van der Waals surface area contributed by atoms with Gasteiger partial charge in [0.1, 0.15) is 5.76 Å². The van der Waals surface area contributed by atoms with E-state index in [-0.39, 0.29) is 6.04 Å². The molecule has 18 heavy (non-hydrogen) atoms. The Kier molecular flexibility index (Phi) is 2.94. The summed E-state index contributed by atoms with van der Waals surface area (Å²) in [6.07, 6.45) is 2.58. The van der Waals surface area contributed by atoms with Crippen molar-refractivity contribution in [1.29, 1.82) is 0 Å². The van der Waals surface area contributed by atoms with Gasteiger partial charge in [-0.05, 0) is 22.8 Å². The number of hydrogen-bond donors (Lipinski definition) is 1. The number of fused-ring (bicyclic) bond motifs is 1. The van der Waals surface area contributed by atoms with Crippen molar-refractivity contribution in [1.82, 2.24) is 0 Å². The number of ether oxygens (including phenoxy) is 1. The fraction of sp³-hybridized carbons (Fsp3) is 0.333. The van der Waals surface area contributed by atoms with E-state index >= 15 is 0 Å². The molecule has 0 saturated carbocycles. The highest BCUT2D eigenvalue weighted by Gasteiger charge is 2.18. The molecule has 0 saturated heterocycles. The van der Waals surface area contributed by atoms with Gasteiger partial charge in [0.2, 0.25) is 0 Å². The molecule has 1 aromatic heterocycles. The van der Waals surface area contributed by atoms with Gasteiger partial charge in [-0.2, -0.15) is 0 Å². The highest BCUT2D eigenvalue weighted by Crippen LogP contribution is 2.28. The van der Waals surface area contributed by atoms with E-state index in [0.717, 1.165) is 29.9 Å². The summed E-state index contributed by atoms with van der Waals surface area (Å²) in [5, 5.41) is 0. The maximum absolute atomic E-state index is 6.33. The first-order chi connectivity index (χ1) is 8.79. The van der Waals surface area contributed by atoms with Crippen LogP contribution in [0.3, 0.4) is 0 Å². The van der Waals surface area contributed by atoms with Crippen molar-refractivity contribution in [3.05, 3.63) is 58.5 Å². The lowest BCUT2D eigenvalue weighted by atomic mass is 9.96. The average molecular weight is 243 g/mol. The maximum atomic E-state index is 6.33. The van der Waals surface area contributed by atoms with E-state index in [1.807, 2.05) is 6.07 Å². The quantitative estimate of drug-likeness (QED) is 0.901. The number of hydrogen-bond acceptors (Lipinski definition) is 3. The van der Waals surface area contributed by atoms with Gasteiger partial charge in [-0.15, -0.1) is 0 Å². The van der Waals surface area contributed by atoms with Crippen LogP contribution in [-0.4, -0.2) is 0 Å². The molecule has 0 bridgehead atoms. The molecule has 0 aliphatic carbocycles. The molecule has 1 aliphatic rings. The molecule has 2 heterocycles. The van der Waals surface area contributed by atoms with Crippen molar-refractivity contribution >= 4 is 0 Å². The maximum Gasteiger partial charge on any atom is 0.108 e. The van der Waals surface area contributed by atoms with E-state index in [4.69, 9.17) is 14.9 Å². The predicted octanol–water partition coefficient (Wildman–Crippen LogP) is 2.92. The molecule has 3 rings (SSSR count). The molecule has 1 unspecified atom stereocenters. The van der Waals surface area contributed by atoms with Crippen molar-refractivity contribution in [2.75, 3.05) is 0 Å². The molecule has 0 amide bonds. The molecule has 1 aromatic carbocycles. The zero-order chi connectivity index (χ0) is 12.5. The van der Waals surface area contributed by atoms with Crippen LogP contribution in [0, 0.1) is 0 Å². The van der Waals surface area contributed by atoms with Gasteiger partial charge in [0.05, 0.1) is 25.5 Å². The van der Waals surface area contributed by atoms with Crippen molar-refractivity contribution in [2.45, 2.75) is 32.6 Å². The van der Waals surface area contributed by atoms with Crippen LogP contribution in [-0.2, 0) is 24.4 Å². The average Bonchev–Trinajstić information content (AvgIpc) is 3.05. The summed E-state index contributed by atoms with van der Waals surface area (Å²) >= 11 is 0. The highest BCUT2D eigenvalue weighted by molar-refractivity contribution is 5.39. The van der Waals surface area contributed by atoms with Crippen molar-refractivity contribution in [3.8, 4) is 0 Å². The van der Waals surface area contributed by atoms with Gasteiger partial charge in [0.15, 0.2) is 0 Å². The molecule has 1 aliphatic heterocycles. The van der Waals surface area contributed by atoms with Crippen LogP contribution in [0.1, 0.15) is 41.0 Å². The van der Waals surface area contributed by atoms with Crippen molar-refractivity contribution in [3.63, 3.8) is 0 Å². The highest BCUT2D eigenvalue weighted by atomic mass is 16.5. The van der Waals surface area contributed by atoms with E-state index in [1.54, 1.807) is 6.26 Å². The molecule has 3 nitrogen and oxygen atoms in total. The third-order valence-corrected chi connectivity index (χ3v) is 3.54.